The summed E-state index contributed by atoms with van der Waals surface area (Å²) in [4.78, 5) is 12.3. The number of nitrogen functional groups attached to an aromatic ring is 1. The third-order valence-electron chi connectivity index (χ3n) is 3.32. The molecule has 112 valence electrons. The van der Waals surface area contributed by atoms with E-state index in [-0.39, 0.29) is 11.3 Å². The normalized spacial score (nSPS) is 10.9. The molecule has 0 unspecified atom stereocenters. The second-order valence-electron chi connectivity index (χ2n) is 4.88. The lowest BCUT2D eigenvalue weighted by Crippen LogP contribution is -2.13. The summed E-state index contributed by atoms with van der Waals surface area (Å²) in [6, 6.07) is 5.31. The van der Waals surface area contributed by atoms with Crippen molar-refractivity contribution in [3.05, 3.63) is 59.4 Å². The highest BCUT2D eigenvalue weighted by Gasteiger charge is 2.15. The van der Waals surface area contributed by atoms with Gasteiger partial charge in [-0.15, -0.1) is 0 Å². The summed E-state index contributed by atoms with van der Waals surface area (Å²) in [5.41, 5.74) is 7.15. The third kappa shape index (κ3) is 2.37. The molecule has 0 bridgehead atoms. The zero-order valence-electron chi connectivity index (χ0n) is 11.6. The van der Waals surface area contributed by atoms with E-state index in [0.717, 1.165) is 0 Å². The maximum atomic E-state index is 13.3. The number of amides is 1. The average molecular weight is 302 g/mol. The number of benzene rings is 1. The Morgan fingerprint density at radius 3 is 2.86 bits per heavy atom. The Morgan fingerprint density at radius 2 is 2.09 bits per heavy atom. The Kier molecular flexibility index (Phi) is 3.25. The van der Waals surface area contributed by atoms with Crippen molar-refractivity contribution in [2.45, 2.75) is 6.92 Å². The number of hydrogen-bond acceptors (Lipinski definition) is 3. The smallest absolute Gasteiger partial charge is 0.259 e. The molecule has 0 aliphatic heterocycles. The number of carbonyl (C=O) groups excluding carboxylic acids is 1. The second-order valence-corrected chi connectivity index (χ2v) is 4.88. The number of rotatable bonds is 2. The number of hydrogen-bond donors (Lipinski definition) is 2. The summed E-state index contributed by atoms with van der Waals surface area (Å²) in [5, 5.41) is 6.58. The number of pyridine rings is 1. The number of carbonyl (C=O) groups is 1. The van der Waals surface area contributed by atoms with Crippen LogP contribution in [0.2, 0.25) is 0 Å². The van der Waals surface area contributed by atoms with Crippen molar-refractivity contribution in [2.75, 3.05) is 11.1 Å². The van der Waals surface area contributed by atoms with E-state index in [1.54, 1.807) is 6.92 Å². The number of nitrogens with zero attached hydrogens (tertiary/aromatic N) is 2. The Labute approximate surface area is 124 Å². The summed E-state index contributed by atoms with van der Waals surface area (Å²) in [6.45, 7) is 1.66. The second kappa shape index (κ2) is 5.10. The summed E-state index contributed by atoms with van der Waals surface area (Å²) in [5.74, 6) is -1.43. The van der Waals surface area contributed by atoms with Gasteiger partial charge in [-0.1, -0.05) is 0 Å². The molecule has 3 aromatic rings. The van der Waals surface area contributed by atoms with Gasteiger partial charge in [-0.05, 0) is 36.8 Å². The van der Waals surface area contributed by atoms with Gasteiger partial charge in [0, 0.05) is 5.69 Å². The van der Waals surface area contributed by atoms with Crippen LogP contribution in [0.4, 0.5) is 20.2 Å². The SMILES string of the molecule is Cc1cc(F)c(N)cc1NC(=O)c1cnn2cc(F)ccc12. The van der Waals surface area contributed by atoms with Gasteiger partial charge in [0.15, 0.2) is 0 Å². The molecule has 0 saturated heterocycles. The fourth-order valence-electron chi connectivity index (χ4n) is 2.15. The maximum Gasteiger partial charge on any atom is 0.259 e. The van der Waals surface area contributed by atoms with Crippen LogP contribution in [0.5, 0.6) is 0 Å². The van der Waals surface area contributed by atoms with Gasteiger partial charge in [-0.25, -0.2) is 13.3 Å². The molecule has 3 N–H and O–H groups in total. The number of halogens is 2. The van der Waals surface area contributed by atoms with Crippen LogP contribution in [-0.4, -0.2) is 15.5 Å². The van der Waals surface area contributed by atoms with Crippen molar-refractivity contribution in [1.82, 2.24) is 9.61 Å². The molecule has 0 fully saturated rings. The fraction of sp³-hybridized carbons (Fsp3) is 0.0667. The van der Waals surface area contributed by atoms with Crippen LogP contribution in [-0.2, 0) is 0 Å². The van der Waals surface area contributed by atoms with Crippen LogP contribution in [0.3, 0.4) is 0 Å². The minimum absolute atomic E-state index is 0.0529. The predicted octanol–water partition coefficient (Wildman–Crippen LogP) is 2.76. The summed E-state index contributed by atoms with van der Waals surface area (Å²) >= 11 is 0. The van der Waals surface area contributed by atoms with Crippen LogP contribution < -0.4 is 11.1 Å². The molecule has 1 aromatic carbocycles. The van der Waals surface area contributed by atoms with Crippen molar-refractivity contribution in [1.29, 1.82) is 0 Å². The van der Waals surface area contributed by atoms with E-state index in [0.29, 0.717) is 16.8 Å². The van der Waals surface area contributed by atoms with Crippen molar-refractivity contribution in [2.24, 2.45) is 0 Å². The van der Waals surface area contributed by atoms with Crippen molar-refractivity contribution in [3.8, 4) is 0 Å². The zero-order valence-corrected chi connectivity index (χ0v) is 11.6. The van der Waals surface area contributed by atoms with E-state index in [4.69, 9.17) is 5.73 Å². The first-order chi connectivity index (χ1) is 10.5. The fourth-order valence-corrected chi connectivity index (χ4v) is 2.15. The Bertz CT molecular complexity index is 889. The van der Waals surface area contributed by atoms with Gasteiger partial charge in [0.25, 0.3) is 5.91 Å². The third-order valence-corrected chi connectivity index (χ3v) is 3.32. The van der Waals surface area contributed by atoms with Crippen LogP contribution in [0.1, 0.15) is 15.9 Å². The van der Waals surface area contributed by atoms with E-state index in [9.17, 15) is 13.6 Å². The van der Waals surface area contributed by atoms with Gasteiger partial charge in [-0.2, -0.15) is 5.10 Å². The summed E-state index contributed by atoms with van der Waals surface area (Å²) in [7, 11) is 0. The molecule has 0 aliphatic rings. The summed E-state index contributed by atoms with van der Waals surface area (Å²) in [6.07, 6.45) is 2.51. The quantitative estimate of drug-likeness (QED) is 0.715. The monoisotopic (exact) mass is 302 g/mol. The number of aryl methyl sites for hydroxylation is 1. The lowest BCUT2D eigenvalue weighted by molar-refractivity contribution is 0.102. The molecule has 0 radical (unpaired) electrons. The number of nitrogens with two attached hydrogens (primary N) is 1. The number of nitrogens with one attached hydrogen (secondary N) is 1. The number of anilines is 2. The number of aromatic nitrogens is 2. The first-order valence-corrected chi connectivity index (χ1v) is 6.45. The lowest BCUT2D eigenvalue weighted by Gasteiger charge is -2.09. The highest BCUT2D eigenvalue weighted by molar-refractivity contribution is 6.09. The van der Waals surface area contributed by atoms with Gasteiger partial charge in [0.1, 0.15) is 11.6 Å². The van der Waals surface area contributed by atoms with Crippen LogP contribution in [0.15, 0.2) is 36.7 Å². The Hall–Kier alpha value is -2.96. The maximum absolute atomic E-state index is 13.3. The predicted molar refractivity (Wildman–Crippen MR) is 78.7 cm³/mol. The molecule has 0 saturated carbocycles. The van der Waals surface area contributed by atoms with Gasteiger partial charge >= 0.3 is 0 Å². The van der Waals surface area contributed by atoms with Gasteiger partial charge in [0.05, 0.1) is 29.2 Å². The van der Waals surface area contributed by atoms with Crippen LogP contribution in [0, 0.1) is 18.6 Å². The van der Waals surface area contributed by atoms with Gasteiger partial charge in [0.2, 0.25) is 0 Å². The van der Waals surface area contributed by atoms with E-state index < -0.39 is 17.5 Å². The van der Waals surface area contributed by atoms with Gasteiger partial charge in [-0.3, -0.25) is 4.79 Å². The van der Waals surface area contributed by atoms with E-state index in [2.05, 4.69) is 10.4 Å². The van der Waals surface area contributed by atoms with Gasteiger partial charge < -0.3 is 11.1 Å². The summed E-state index contributed by atoms with van der Waals surface area (Å²) < 4.78 is 27.7. The highest BCUT2D eigenvalue weighted by Crippen LogP contribution is 2.23. The van der Waals surface area contributed by atoms with Crippen LogP contribution >= 0.6 is 0 Å². The van der Waals surface area contributed by atoms with E-state index in [1.807, 2.05) is 0 Å². The Morgan fingerprint density at radius 1 is 1.32 bits per heavy atom. The first-order valence-electron chi connectivity index (χ1n) is 6.45. The largest absolute Gasteiger partial charge is 0.396 e. The molecule has 2 heterocycles. The number of fused-ring (bicyclic) bond motifs is 1. The van der Waals surface area contributed by atoms with E-state index >= 15 is 0 Å². The minimum Gasteiger partial charge on any atom is -0.396 e. The molecule has 3 rings (SSSR count). The van der Waals surface area contributed by atoms with Crippen molar-refractivity contribution < 1.29 is 13.6 Å². The highest BCUT2D eigenvalue weighted by atomic mass is 19.1. The Balaban J connectivity index is 1.95. The topological polar surface area (TPSA) is 72.4 Å². The molecule has 22 heavy (non-hydrogen) atoms. The zero-order chi connectivity index (χ0) is 15.9. The molecular formula is C15H12F2N4O. The van der Waals surface area contributed by atoms with E-state index in [1.165, 1.54) is 41.2 Å². The molecular weight excluding hydrogens is 290 g/mol. The standard InChI is InChI=1S/C15H12F2N4O/c1-8-4-11(17)12(18)5-13(8)20-15(22)10-6-19-21-7-9(16)2-3-14(10)21/h2-7H,18H2,1H3,(H,20,22). The molecule has 1 amide bonds. The molecule has 5 nitrogen and oxygen atoms in total. The molecule has 0 aliphatic carbocycles. The lowest BCUT2D eigenvalue weighted by atomic mass is 10.1. The molecule has 0 atom stereocenters. The molecule has 7 heteroatoms. The first kappa shape index (κ1) is 14.0. The minimum atomic E-state index is -0.540. The van der Waals surface area contributed by atoms with Crippen LogP contribution in [0.25, 0.3) is 5.52 Å². The molecule has 0 spiro atoms. The molecule has 2 aromatic heterocycles. The average Bonchev–Trinajstić information content (AvgIpc) is 2.87. The van der Waals surface area contributed by atoms with Crippen molar-refractivity contribution >= 4 is 22.8 Å². The van der Waals surface area contributed by atoms with Crippen molar-refractivity contribution in [3.63, 3.8) is 0 Å².